The summed E-state index contributed by atoms with van der Waals surface area (Å²) in [6.07, 6.45) is 1.81. The van der Waals surface area contributed by atoms with Gasteiger partial charge in [-0.25, -0.2) is 13.4 Å². The van der Waals surface area contributed by atoms with Crippen molar-refractivity contribution in [3.63, 3.8) is 0 Å². The number of aromatic amines is 1. The number of hydrogen-bond donors (Lipinski definition) is 2. The quantitative estimate of drug-likeness (QED) is 0.429. The van der Waals surface area contributed by atoms with E-state index in [1.165, 1.54) is 12.1 Å². The molecule has 156 valence electrons. The number of aromatic nitrogens is 2. The fraction of sp³-hybridized carbons (Fsp3) is 0.190. The van der Waals surface area contributed by atoms with Gasteiger partial charge in [0.05, 0.1) is 16.8 Å². The first-order valence-electron chi connectivity index (χ1n) is 9.22. The van der Waals surface area contributed by atoms with E-state index in [1.54, 1.807) is 24.3 Å². The summed E-state index contributed by atoms with van der Waals surface area (Å²) < 4.78 is 25.5. The van der Waals surface area contributed by atoms with Gasteiger partial charge in [-0.2, -0.15) is 0 Å². The predicted octanol–water partition coefficient (Wildman–Crippen LogP) is 3.20. The Labute approximate surface area is 178 Å². The molecule has 0 aliphatic rings. The van der Waals surface area contributed by atoms with Crippen molar-refractivity contribution >= 4 is 33.2 Å². The van der Waals surface area contributed by atoms with Gasteiger partial charge < -0.3 is 10.3 Å². The van der Waals surface area contributed by atoms with Gasteiger partial charge in [0.25, 0.3) is 5.56 Å². The number of amides is 1. The summed E-state index contributed by atoms with van der Waals surface area (Å²) in [5.74, 6) is -0.249. The summed E-state index contributed by atoms with van der Waals surface area (Å²) in [6, 6.07) is 13.7. The first-order valence-corrected chi connectivity index (χ1v) is 11.7. The molecule has 3 aromatic rings. The van der Waals surface area contributed by atoms with Crippen LogP contribution in [0.4, 0.5) is 5.69 Å². The molecule has 1 heterocycles. The zero-order chi connectivity index (χ0) is 21.7. The van der Waals surface area contributed by atoms with Crippen molar-refractivity contribution in [1.29, 1.82) is 0 Å². The minimum atomic E-state index is -3.98. The van der Waals surface area contributed by atoms with Crippen molar-refractivity contribution in [3.05, 3.63) is 76.2 Å². The number of anilines is 1. The van der Waals surface area contributed by atoms with Gasteiger partial charge in [0, 0.05) is 5.69 Å². The van der Waals surface area contributed by atoms with E-state index in [2.05, 4.69) is 15.3 Å². The van der Waals surface area contributed by atoms with Crippen molar-refractivity contribution in [2.45, 2.75) is 35.2 Å². The number of aryl methyl sites for hydroxylation is 2. The van der Waals surface area contributed by atoms with Crippen LogP contribution in [-0.4, -0.2) is 30.0 Å². The highest BCUT2D eigenvalue weighted by atomic mass is 32.2. The lowest BCUT2D eigenvalue weighted by molar-refractivity contribution is -0.113. The highest BCUT2D eigenvalue weighted by Gasteiger charge is 2.22. The maximum Gasteiger partial charge on any atom is 0.270 e. The Kier molecular flexibility index (Phi) is 6.73. The standard InChI is InChI=1S/C21H21N3O4S2/c1-3-15-6-10-17(11-7-15)30(27,28)18-12-22-21(24-20(18)26)29-13-19(25)23-16-8-4-14(2)5-9-16/h4-12H,3,13H2,1-2H3,(H,23,25)(H,22,24,26). The summed E-state index contributed by atoms with van der Waals surface area (Å²) in [5.41, 5.74) is 1.98. The van der Waals surface area contributed by atoms with Gasteiger partial charge in [0.1, 0.15) is 0 Å². The topological polar surface area (TPSA) is 109 Å². The molecular weight excluding hydrogens is 422 g/mol. The number of nitrogens with one attached hydrogen (secondary N) is 2. The molecule has 1 amide bonds. The molecule has 9 heteroatoms. The molecule has 0 bridgehead atoms. The van der Waals surface area contributed by atoms with Gasteiger partial charge in [0.2, 0.25) is 15.7 Å². The highest BCUT2D eigenvalue weighted by Crippen LogP contribution is 2.19. The molecule has 3 rings (SSSR count). The summed E-state index contributed by atoms with van der Waals surface area (Å²) in [4.78, 5) is 30.5. The van der Waals surface area contributed by atoms with Gasteiger partial charge in [-0.15, -0.1) is 0 Å². The summed E-state index contributed by atoms with van der Waals surface area (Å²) in [7, 11) is -3.98. The van der Waals surface area contributed by atoms with Crippen molar-refractivity contribution in [2.24, 2.45) is 0 Å². The Morgan fingerprint density at radius 1 is 1.10 bits per heavy atom. The normalized spacial score (nSPS) is 11.3. The molecule has 0 radical (unpaired) electrons. The van der Waals surface area contributed by atoms with E-state index in [0.717, 1.165) is 35.5 Å². The van der Waals surface area contributed by atoms with E-state index in [4.69, 9.17) is 0 Å². The lowest BCUT2D eigenvalue weighted by Crippen LogP contribution is -2.20. The van der Waals surface area contributed by atoms with Crippen LogP contribution in [0, 0.1) is 6.92 Å². The van der Waals surface area contributed by atoms with Crippen LogP contribution in [0.25, 0.3) is 0 Å². The SMILES string of the molecule is CCc1ccc(S(=O)(=O)c2cnc(SCC(=O)Nc3ccc(C)cc3)[nH]c2=O)cc1. The number of carbonyl (C=O) groups excluding carboxylic acids is 1. The molecular formula is C21H21N3O4S2. The van der Waals surface area contributed by atoms with Gasteiger partial charge in [0.15, 0.2) is 10.1 Å². The Balaban J connectivity index is 1.69. The minimum Gasteiger partial charge on any atom is -0.325 e. The van der Waals surface area contributed by atoms with Gasteiger partial charge in [-0.1, -0.05) is 48.5 Å². The maximum absolute atomic E-state index is 12.7. The van der Waals surface area contributed by atoms with E-state index in [0.29, 0.717) is 5.69 Å². The molecule has 2 N–H and O–H groups in total. The Morgan fingerprint density at radius 3 is 2.37 bits per heavy atom. The third kappa shape index (κ3) is 5.17. The summed E-state index contributed by atoms with van der Waals surface area (Å²) in [6.45, 7) is 3.92. The van der Waals surface area contributed by atoms with E-state index < -0.39 is 20.3 Å². The number of benzene rings is 2. The number of sulfone groups is 1. The number of H-pyrrole nitrogens is 1. The van der Waals surface area contributed by atoms with E-state index >= 15 is 0 Å². The second kappa shape index (κ2) is 9.27. The monoisotopic (exact) mass is 443 g/mol. The minimum absolute atomic E-state index is 0.0153. The molecule has 0 spiro atoms. The third-order valence-electron chi connectivity index (χ3n) is 4.35. The third-order valence-corrected chi connectivity index (χ3v) is 7.00. The molecule has 0 atom stereocenters. The average Bonchev–Trinajstić information content (AvgIpc) is 2.74. The zero-order valence-corrected chi connectivity index (χ0v) is 18.1. The van der Waals surface area contributed by atoms with Crippen LogP contribution in [-0.2, 0) is 21.1 Å². The molecule has 0 unspecified atom stereocenters. The maximum atomic E-state index is 12.7. The Hall–Kier alpha value is -2.91. The lowest BCUT2D eigenvalue weighted by Gasteiger charge is -2.07. The van der Waals surface area contributed by atoms with E-state index in [9.17, 15) is 18.0 Å². The fourth-order valence-corrected chi connectivity index (χ4v) is 4.50. The number of rotatable bonds is 7. The smallest absolute Gasteiger partial charge is 0.270 e. The van der Waals surface area contributed by atoms with Crippen LogP contribution in [0.1, 0.15) is 18.1 Å². The zero-order valence-electron chi connectivity index (χ0n) is 16.5. The molecule has 2 aromatic carbocycles. The molecule has 0 aliphatic carbocycles. The average molecular weight is 444 g/mol. The number of hydrogen-bond acceptors (Lipinski definition) is 6. The van der Waals surface area contributed by atoms with Gasteiger partial charge in [-0.05, 0) is 43.2 Å². The Bertz CT molecular complexity index is 1200. The highest BCUT2D eigenvalue weighted by molar-refractivity contribution is 7.99. The molecule has 0 fully saturated rings. The van der Waals surface area contributed by atoms with Crippen molar-refractivity contribution in [1.82, 2.24) is 9.97 Å². The lowest BCUT2D eigenvalue weighted by atomic mass is 10.2. The fourth-order valence-electron chi connectivity index (χ4n) is 2.63. The number of nitrogens with zero attached hydrogens (tertiary/aromatic N) is 1. The molecule has 0 aliphatic heterocycles. The number of carbonyl (C=O) groups is 1. The molecule has 7 nitrogen and oxygen atoms in total. The van der Waals surface area contributed by atoms with Crippen molar-refractivity contribution in [3.8, 4) is 0 Å². The Morgan fingerprint density at radius 2 is 1.77 bits per heavy atom. The van der Waals surface area contributed by atoms with Gasteiger partial charge in [-0.3, -0.25) is 9.59 Å². The summed E-state index contributed by atoms with van der Waals surface area (Å²) in [5, 5.41) is 2.91. The van der Waals surface area contributed by atoms with Crippen LogP contribution in [0.2, 0.25) is 0 Å². The largest absolute Gasteiger partial charge is 0.325 e. The van der Waals surface area contributed by atoms with Crippen molar-refractivity contribution < 1.29 is 13.2 Å². The van der Waals surface area contributed by atoms with Crippen LogP contribution in [0.5, 0.6) is 0 Å². The molecule has 30 heavy (non-hydrogen) atoms. The predicted molar refractivity (Wildman–Crippen MR) is 117 cm³/mol. The van der Waals surface area contributed by atoms with Crippen LogP contribution in [0.15, 0.2) is 74.5 Å². The summed E-state index contributed by atoms with van der Waals surface area (Å²) >= 11 is 1.01. The number of thioether (sulfide) groups is 1. The second-order valence-electron chi connectivity index (χ2n) is 6.59. The van der Waals surface area contributed by atoms with Crippen LogP contribution in [0.3, 0.4) is 0 Å². The molecule has 1 aromatic heterocycles. The van der Waals surface area contributed by atoms with Crippen LogP contribution >= 0.6 is 11.8 Å². The second-order valence-corrected chi connectivity index (χ2v) is 9.47. The first-order chi connectivity index (χ1) is 14.3. The van der Waals surface area contributed by atoms with E-state index in [1.807, 2.05) is 26.0 Å². The molecule has 0 saturated carbocycles. The van der Waals surface area contributed by atoms with Crippen molar-refractivity contribution in [2.75, 3.05) is 11.1 Å². The first kappa shape index (κ1) is 21.8. The van der Waals surface area contributed by atoms with Crippen LogP contribution < -0.4 is 10.9 Å². The van der Waals surface area contributed by atoms with E-state index in [-0.39, 0.29) is 21.7 Å². The van der Waals surface area contributed by atoms with Gasteiger partial charge >= 0.3 is 0 Å². The molecule has 0 saturated heterocycles.